The fraction of sp³-hybridized carbons (Fsp3) is 0.238. The van der Waals surface area contributed by atoms with Gasteiger partial charge in [-0.2, -0.15) is 9.49 Å². The minimum atomic E-state index is -1.73. The first-order chi connectivity index (χ1) is 15.8. The zero-order valence-electron chi connectivity index (χ0n) is 17.7. The maximum atomic E-state index is 13.5. The number of likely N-dealkylation sites (N-methyl/N-ethyl adjacent to an activating group) is 1. The summed E-state index contributed by atoms with van der Waals surface area (Å²) in [6, 6.07) is 9.71. The Morgan fingerprint density at radius 1 is 1.12 bits per heavy atom. The largest absolute Gasteiger partial charge is 0.373 e. The van der Waals surface area contributed by atoms with Crippen LogP contribution < -0.4 is 5.32 Å². The number of nitrogens with zero attached hydrogens (tertiary/aromatic N) is 7. The Morgan fingerprint density at radius 3 is 2.58 bits per heavy atom. The monoisotopic (exact) mass is 450 g/mol. The van der Waals surface area contributed by atoms with E-state index in [0.29, 0.717) is 29.3 Å². The standard InChI is InChI=1S/C21H19FN8O3/c1-29-9-7-21(32,19(29)31)16-10-15(28-33-16)13-5-3-4-12(24-13)14-6-8-23-20(25-14)26-18-11-17(22)30(2)27-18/h3-6,8,10-11,32H,7,9H2,1-2H3,(H,23,25,26,27). The second-order valence-corrected chi connectivity index (χ2v) is 7.69. The third-order valence-corrected chi connectivity index (χ3v) is 5.42. The molecule has 5 rings (SSSR count). The van der Waals surface area contributed by atoms with Crippen molar-refractivity contribution in [1.29, 1.82) is 0 Å². The molecule has 0 aliphatic carbocycles. The summed E-state index contributed by atoms with van der Waals surface area (Å²) in [5, 5.41) is 21.6. The minimum absolute atomic E-state index is 0.0789. The molecular weight excluding hydrogens is 431 g/mol. The molecule has 12 heteroatoms. The predicted octanol–water partition coefficient (Wildman–Crippen LogP) is 1.86. The van der Waals surface area contributed by atoms with E-state index in [1.165, 1.54) is 24.1 Å². The number of carbonyl (C=O) groups is 1. The summed E-state index contributed by atoms with van der Waals surface area (Å²) in [5.74, 6) is -0.344. The second kappa shape index (κ2) is 7.74. The Labute approximate surface area is 186 Å². The average Bonchev–Trinajstić information content (AvgIpc) is 3.50. The number of rotatable bonds is 5. The first-order valence-electron chi connectivity index (χ1n) is 10.1. The molecule has 2 N–H and O–H groups in total. The maximum absolute atomic E-state index is 13.5. The number of likely N-dealkylation sites (tertiary alicyclic amines) is 1. The molecule has 0 radical (unpaired) electrons. The third kappa shape index (κ3) is 3.69. The number of halogens is 1. The summed E-state index contributed by atoms with van der Waals surface area (Å²) in [6.45, 7) is 0.425. The lowest BCUT2D eigenvalue weighted by atomic mass is 9.98. The fourth-order valence-electron chi connectivity index (χ4n) is 3.57. The van der Waals surface area contributed by atoms with Gasteiger partial charge in [-0.05, 0) is 18.2 Å². The van der Waals surface area contributed by atoms with Gasteiger partial charge in [0, 0.05) is 45.4 Å². The molecular formula is C21H19FN8O3. The van der Waals surface area contributed by atoms with E-state index < -0.39 is 17.5 Å². The topological polar surface area (TPSA) is 135 Å². The van der Waals surface area contributed by atoms with Crippen molar-refractivity contribution in [1.82, 2.24) is 34.8 Å². The molecule has 4 aromatic rings. The second-order valence-electron chi connectivity index (χ2n) is 7.69. The van der Waals surface area contributed by atoms with E-state index in [2.05, 4.69) is 30.5 Å². The number of anilines is 2. The highest BCUT2D eigenvalue weighted by Crippen LogP contribution is 2.34. The first kappa shape index (κ1) is 20.7. The number of aryl methyl sites for hydroxylation is 1. The van der Waals surface area contributed by atoms with Crippen molar-refractivity contribution in [2.75, 3.05) is 18.9 Å². The van der Waals surface area contributed by atoms with Crippen molar-refractivity contribution >= 4 is 17.7 Å². The Morgan fingerprint density at radius 2 is 1.88 bits per heavy atom. The van der Waals surface area contributed by atoms with Crippen molar-refractivity contribution in [3.63, 3.8) is 0 Å². The van der Waals surface area contributed by atoms with Gasteiger partial charge in [-0.3, -0.25) is 4.79 Å². The normalized spacial score (nSPS) is 18.2. The molecule has 11 nitrogen and oxygen atoms in total. The highest BCUT2D eigenvalue weighted by atomic mass is 19.1. The van der Waals surface area contributed by atoms with E-state index in [1.54, 1.807) is 37.5 Å². The number of aromatic nitrogens is 6. The average molecular weight is 450 g/mol. The molecule has 0 bridgehead atoms. The third-order valence-electron chi connectivity index (χ3n) is 5.42. The van der Waals surface area contributed by atoms with Crippen LogP contribution in [0.2, 0.25) is 0 Å². The van der Waals surface area contributed by atoms with Crippen molar-refractivity contribution in [2.45, 2.75) is 12.0 Å². The molecule has 1 aliphatic rings. The van der Waals surface area contributed by atoms with Crippen molar-refractivity contribution in [2.24, 2.45) is 7.05 Å². The molecule has 5 heterocycles. The van der Waals surface area contributed by atoms with Crippen molar-refractivity contribution in [3.8, 4) is 22.8 Å². The molecule has 4 aromatic heterocycles. The van der Waals surface area contributed by atoms with Crippen LogP contribution >= 0.6 is 0 Å². The lowest BCUT2D eigenvalue weighted by Crippen LogP contribution is -2.35. The SMILES string of the molecule is CN1CCC(O)(c2cc(-c3cccc(-c4ccnc(Nc5cc(F)n(C)n5)n4)n3)no2)C1=O. The van der Waals surface area contributed by atoms with Gasteiger partial charge in [0.05, 0.1) is 17.1 Å². The molecule has 0 saturated carbocycles. The molecule has 1 atom stereocenters. The summed E-state index contributed by atoms with van der Waals surface area (Å²) in [7, 11) is 3.11. The summed E-state index contributed by atoms with van der Waals surface area (Å²) < 4.78 is 19.9. The van der Waals surface area contributed by atoms with E-state index in [-0.39, 0.29) is 23.9 Å². The first-order valence-corrected chi connectivity index (χ1v) is 10.1. The van der Waals surface area contributed by atoms with Gasteiger partial charge in [0.25, 0.3) is 5.91 Å². The Kier molecular flexibility index (Phi) is 4.86. The smallest absolute Gasteiger partial charge is 0.262 e. The molecule has 1 unspecified atom stereocenters. The zero-order valence-corrected chi connectivity index (χ0v) is 17.7. The van der Waals surface area contributed by atoms with Crippen molar-refractivity contribution < 1.29 is 18.8 Å². The number of nitrogens with one attached hydrogen (secondary N) is 1. The highest BCUT2D eigenvalue weighted by molar-refractivity contribution is 5.87. The molecule has 33 heavy (non-hydrogen) atoms. The van der Waals surface area contributed by atoms with Crippen LogP contribution in [0, 0.1) is 5.95 Å². The number of aliphatic hydroxyl groups is 1. The Bertz CT molecular complexity index is 1330. The Hall–Kier alpha value is -4.19. The van der Waals surface area contributed by atoms with E-state index in [0.717, 1.165) is 4.68 Å². The number of carbonyl (C=O) groups excluding carboxylic acids is 1. The molecule has 0 aromatic carbocycles. The van der Waals surface area contributed by atoms with Crippen LogP contribution in [0.4, 0.5) is 16.2 Å². The van der Waals surface area contributed by atoms with Crippen LogP contribution in [0.5, 0.6) is 0 Å². The fourth-order valence-corrected chi connectivity index (χ4v) is 3.57. The van der Waals surface area contributed by atoms with Gasteiger partial charge in [0.15, 0.2) is 11.6 Å². The lowest BCUT2D eigenvalue weighted by molar-refractivity contribution is -0.144. The van der Waals surface area contributed by atoms with Gasteiger partial charge in [0.1, 0.15) is 5.69 Å². The molecule has 1 aliphatic heterocycles. The van der Waals surface area contributed by atoms with E-state index >= 15 is 0 Å². The van der Waals surface area contributed by atoms with E-state index in [9.17, 15) is 14.3 Å². The van der Waals surface area contributed by atoms with Gasteiger partial charge in [-0.1, -0.05) is 11.2 Å². The highest BCUT2D eigenvalue weighted by Gasteiger charge is 2.48. The molecule has 1 saturated heterocycles. The van der Waals surface area contributed by atoms with Crippen molar-refractivity contribution in [3.05, 3.63) is 54.3 Å². The number of hydrogen-bond donors (Lipinski definition) is 2. The van der Waals surface area contributed by atoms with Crippen LogP contribution in [0.15, 0.2) is 47.1 Å². The lowest BCUT2D eigenvalue weighted by Gasteiger charge is -2.16. The van der Waals surface area contributed by atoms with Gasteiger partial charge in [-0.15, -0.1) is 0 Å². The number of pyridine rings is 1. The molecule has 168 valence electrons. The molecule has 1 amide bonds. The number of amides is 1. The van der Waals surface area contributed by atoms with Gasteiger partial charge >= 0.3 is 0 Å². The van der Waals surface area contributed by atoms with Crippen LogP contribution in [0.3, 0.4) is 0 Å². The van der Waals surface area contributed by atoms with Crippen LogP contribution in [0.25, 0.3) is 22.8 Å². The van der Waals surface area contributed by atoms with Gasteiger partial charge < -0.3 is 19.8 Å². The quantitative estimate of drug-likeness (QED) is 0.467. The number of hydrogen-bond acceptors (Lipinski definition) is 9. The van der Waals surface area contributed by atoms with Gasteiger partial charge in [0.2, 0.25) is 17.5 Å². The maximum Gasteiger partial charge on any atom is 0.262 e. The zero-order chi connectivity index (χ0) is 23.2. The summed E-state index contributed by atoms with van der Waals surface area (Å²) in [4.78, 5) is 26.9. The van der Waals surface area contributed by atoms with Crippen LogP contribution in [0.1, 0.15) is 12.2 Å². The Balaban J connectivity index is 1.41. The van der Waals surface area contributed by atoms with Crippen LogP contribution in [-0.2, 0) is 17.4 Å². The van der Waals surface area contributed by atoms with Gasteiger partial charge in [-0.25, -0.2) is 19.6 Å². The van der Waals surface area contributed by atoms with E-state index in [1.807, 2.05) is 0 Å². The molecule has 0 spiro atoms. The summed E-state index contributed by atoms with van der Waals surface area (Å²) in [5.41, 5.74) is 0.171. The summed E-state index contributed by atoms with van der Waals surface area (Å²) >= 11 is 0. The predicted molar refractivity (Wildman–Crippen MR) is 113 cm³/mol. The molecule has 1 fully saturated rings. The van der Waals surface area contributed by atoms with Crippen LogP contribution in [-0.4, -0.2) is 59.4 Å². The van der Waals surface area contributed by atoms with E-state index in [4.69, 9.17) is 4.52 Å². The summed E-state index contributed by atoms with van der Waals surface area (Å²) in [6.07, 6.45) is 1.77. The minimum Gasteiger partial charge on any atom is -0.373 e.